The molecule has 0 spiro atoms. The first-order valence-corrected chi connectivity index (χ1v) is 16.1. The molecule has 0 aliphatic carbocycles. The molecule has 0 radical (unpaired) electrons. The van der Waals surface area contributed by atoms with Crippen LogP contribution in [-0.2, 0) is 28.7 Å². The van der Waals surface area contributed by atoms with Gasteiger partial charge in [0.2, 0.25) is 5.91 Å². The van der Waals surface area contributed by atoms with Crippen molar-refractivity contribution in [2.75, 3.05) is 32.7 Å². The predicted molar refractivity (Wildman–Crippen MR) is 165 cm³/mol. The second-order valence-electron chi connectivity index (χ2n) is 12.9. The first-order valence-electron chi connectivity index (χ1n) is 16.1. The van der Waals surface area contributed by atoms with E-state index < -0.39 is 86.3 Å². The van der Waals surface area contributed by atoms with Crippen molar-refractivity contribution in [3.8, 4) is 11.3 Å². The normalized spacial score (nSPS) is 18.6. The third-order valence-electron chi connectivity index (χ3n) is 9.54. The van der Waals surface area contributed by atoms with Gasteiger partial charge in [0.1, 0.15) is 11.5 Å². The number of carbonyl (C=O) groups excluding carboxylic acids is 1. The van der Waals surface area contributed by atoms with Gasteiger partial charge in [0.05, 0.1) is 17.8 Å². The molecule has 7 nitrogen and oxygen atoms in total. The van der Waals surface area contributed by atoms with Gasteiger partial charge in [0.15, 0.2) is 0 Å². The van der Waals surface area contributed by atoms with Crippen LogP contribution in [0.3, 0.4) is 0 Å². The van der Waals surface area contributed by atoms with Crippen molar-refractivity contribution in [3.63, 3.8) is 0 Å². The van der Waals surface area contributed by atoms with Gasteiger partial charge < -0.3 is 10.4 Å². The minimum Gasteiger partial charge on any atom is -0.480 e. The lowest BCUT2D eigenvalue weighted by Gasteiger charge is -2.42. The van der Waals surface area contributed by atoms with Crippen LogP contribution in [0.15, 0.2) is 48.7 Å². The standard InChI is InChI=1S/C34H35F9N4O3/c35-32(36,37)20-47-14-10-31(11-15-47,34(41,42)43)30(50)45-28(29(48)49)16-21-6-4-8-24-23(21)7-5-9-25(24)27-17-26(33(38,39)40)22(18-44-27)19-46-12-2-1-3-13-46/h4-9,17-18,28H,1-3,10-16,19-20H2,(H,45,50)(H,48,49)/t28-/m0/s1. The van der Waals surface area contributed by atoms with Crippen molar-refractivity contribution >= 4 is 22.6 Å². The molecule has 50 heavy (non-hydrogen) atoms. The summed E-state index contributed by atoms with van der Waals surface area (Å²) in [5, 5.41) is 12.7. The zero-order chi connectivity index (χ0) is 36.5. The van der Waals surface area contributed by atoms with E-state index in [9.17, 15) is 54.2 Å². The Morgan fingerprint density at radius 2 is 1.48 bits per heavy atom. The first-order chi connectivity index (χ1) is 23.4. The molecule has 2 aliphatic rings. The molecule has 0 bridgehead atoms. The van der Waals surface area contributed by atoms with E-state index in [2.05, 4.69) is 4.98 Å². The van der Waals surface area contributed by atoms with E-state index in [0.717, 1.165) is 30.2 Å². The Morgan fingerprint density at radius 3 is 2.08 bits per heavy atom. The summed E-state index contributed by atoms with van der Waals surface area (Å²) in [6, 6.07) is 8.33. The number of benzene rings is 2. The maximum Gasteiger partial charge on any atom is 0.416 e. The highest BCUT2D eigenvalue weighted by Crippen LogP contribution is 2.47. The number of hydrogen-bond donors (Lipinski definition) is 2. The lowest BCUT2D eigenvalue weighted by atomic mass is 9.76. The topological polar surface area (TPSA) is 85.8 Å². The van der Waals surface area contributed by atoms with E-state index in [4.69, 9.17) is 0 Å². The molecule has 2 N–H and O–H groups in total. The number of halogens is 9. The summed E-state index contributed by atoms with van der Waals surface area (Å²) in [5.41, 5.74) is -3.32. The van der Waals surface area contributed by atoms with Crippen LogP contribution in [0.4, 0.5) is 39.5 Å². The van der Waals surface area contributed by atoms with Crippen LogP contribution >= 0.6 is 0 Å². The Hall–Kier alpha value is -3.92. The van der Waals surface area contributed by atoms with E-state index in [1.807, 2.05) is 10.2 Å². The molecule has 272 valence electrons. The van der Waals surface area contributed by atoms with Crippen LogP contribution in [0.25, 0.3) is 22.0 Å². The molecule has 0 saturated carbocycles. The molecular formula is C34H35F9N4O3. The number of fused-ring (bicyclic) bond motifs is 1. The molecule has 1 atom stereocenters. The summed E-state index contributed by atoms with van der Waals surface area (Å²) in [5.74, 6) is -3.31. The lowest BCUT2D eigenvalue weighted by molar-refractivity contribution is -0.236. The molecule has 2 aromatic carbocycles. The zero-order valence-corrected chi connectivity index (χ0v) is 26.7. The van der Waals surface area contributed by atoms with E-state index in [-0.39, 0.29) is 23.4 Å². The summed E-state index contributed by atoms with van der Waals surface area (Å²) < 4.78 is 124. The monoisotopic (exact) mass is 718 g/mol. The highest BCUT2D eigenvalue weighted by molar-refractivity contribution is 5.98. The Labute approximate surface area is 281 Å². The van der Waals surface area contributed by atoms with E-state index in [1.165, 1.54) is 24.4 Å². The fraction of sp³-hybridized carbons (Fsp3) is 0.500. The highest BCUT2D eigenvalue weighted by atomic mass is 19.4. The SMILES string of the molecule is O=C(O)[C@H](Cc1cccc2c(-c3cc(C(F)(F)F)c(CN4CCCCC4)cn3)cccc12)NC(=O)C1(C(F)(F)F)CCN(CC(F)(F)F)CC1. The van der Waals surface area contributed by atoms with E-state index in [1.54, 1.807) is 18.2 Å². The van der Waals surface area contributed by atoms with Crippen LogP contribution in [0.1, 0.15) is 48.8 Å². The van der Waals surface area contributed by atoms with Gasteiger partial charge in [-0.1, -0.05) is 42.8 Å². The number of alkyl halides is 9. The second kappa shape index (κ2) is 14.4. The number of pyridine rings is 1. The van der Waals surface area contributed by atoms with E-state index >= 15 is 0 Å². The molecule has 1 aromatic heterocycles. The number of carboxylic acids is 1. The van der Waals surface area contributed by atoms with Crippen LogP contribution in [0.5, 0.6) is 0 Å². The molecule has 2 fully saturated rings. The molecule has 3 heterocycles. The molecule has 16 heteroatoms. The van der Waals surface area contributed by atoms with Gasteiger partial charge in [0.25, 0.3) is 0 Å². The van der Waals surface area contributed by atoms with Crippen LogP contribution in [0, 0.1) is 5.41 Å². The van der Waals surface area contributed by atoms with Gasteiger partial charge in [-0.3, -0.25) is 19.6 Å². The number of nitrogens with zero attached hydrogens (tertiary/aromatic N) is 3. The Kier molecular flexibility index (Phi) is 10.7. The van der Waals surface area contributed by atoms with Crippen molar-refractivity contribution < 1.29 is 54.2 Å². The minimum atomic E-state index is -5.18. The molecule has 3 aromatic rings. The van der Waals surface area contributed by atoms with Crippen LogP contribution in [-0.4, -0.2) is 82.9 Å². The number of carboxylic acid groups (broad SMARTS) is 1. The summed E-state index contributed by atoms with van der Waals surface area (Å²) in [6.07, 6.45) is -13.0. The smallest absolute Gasteiger partial charge is 0.416 e. The quantitative estimate of drug-likeness (QED) is 0.228. The summed E-state index contributed by atoms with van der Waals surface area (Å²) in [6.45, 7) is -1.36. The number of likely N-dealkylation sites (tertiary alicyclic amines) is 2. The van der Waals surface area contributed by atoms with Crippen molar-refractivity contribution in [3.05, 3.63) is 65.4 Å². The number of rotatable bonds is 9. The Balaban J connectivity index is 1.42. The number of nitrogens with one attached hydrogen (secondary N) is 1. The lowest BCUT2D eigenvalue weighted by Crippen LogP contribution is -2.59. The average molecular weight is 719 g/mol. The van der Waals surface area contributed by atoms with Gasteiger partial charge in [0, 0.05) is 24.7 Å². The van der Waals surface area contributed by atoms with Crippen molar-refractivity contribution in [2.24, 2.45) is 5.41 Å². The predicted octanol–water partition coefficient (Wildman–Crippen LogP) is 7.23. The summed E-state index contributed by atoms with van der Waals surface area (Å²) >= 11 is 0. The maximum atomic E-state index is 14.3. The zero-order valence-electron chi connectivity index (χ0n) is 26.7. The largest absolute Gasteiger partial charge is 0.480 e. The van der Waals surface area contributed by atoms with Crippen LogP contribution < -0.4 is 5.32 Å². The Morgan fingerprint density at radius 1 is 0.840 bits per heavy atom. The summed E-state index contributed by atoms with van der Waals surface area (Å²) in [4.78, 5) is 32.5. The van der Waals surface area contributed by atoms with Crippen molar-refractivity contribution in [1.29, 1.82) is 0 Å². The number of piperidine rings is 2. The van der Waals surface area contributed by atoms with Gasteiger partial charge in [-0.2, -0.15) is 39.5 Å². The van der Waals surface area contributed by atoms with Crippen LogP contribution in [0.2, 0.25) is 0 Å². The first kappa shape index (κ1) is 37.3. The number of hydrogen-bond acceptors (Lipinski definition) is 5. The fourth-order valence-corrected chi connectivity index (χ4v) is 6.86. The van der Waals surface area contributed by atoms with E-state index in [0.29, 0.717) is 29.4 Å². The fourth-order valence-electron chi connectivity index (χ4n) is 6.86. The Bertz CT molecular complexity index is 1690. The molecule has 1 amide bonds. The summed E-state index contributed by atoms with van der Waals surface area (Å²) in [7, 11) is 0. The van der Waals surface area contributed by atoms with Gasteiger partial charge >= 0.3 is 24.5 Å². The number of aromatic nitrogens is 1. The molecule has 0 unspecified atom stereocenters. The third-order valence-corrected chi connectivity index (χ3v) is 9.54. The average Bonchev–Trinajstić information content (AvgIpc) is 3.03. The van der Waals surface area contributed by atoms with Crippen molar-refractivity contribution in [1.82, 2.24) is 20.1 Å². The van der Waals surface area contributed by atoms with Gasteiger partial charge in [-0.05, 0) is 79.8 Å². The molecule has 5 rings (SSSR count). The maximum absolute atomic E-state index is 14.3. The highest BCUT2D eigenvalue weighted by Gasteiger charge is 2.61. The number of amides is 1. The van der Waals surface area contributed by atoms with Gasteiger partial charge in [-0.15, -0.1) is 0 Å². The minimum absolute atomic E-state index is 0.00883. The van der Waals surface area contributed by atoms with Gasteiger partial charge in [-0.25, -0.2) is 4.79 Å². The molecule has 2 saturated heterocycles. The molecule has 2 aliphatic heterocycles. The third kappa shape index (κ3) is 8.33. The van der Waals surface area contributed by atoms with Crippen molar-refractivity contribution in [2.45, 2.75) is 69.6 Å². The number of aliphatic carboxylic acids is 1. The molecular weight excluding hydrogens is 683 g/mol. The number of carbonyl (C=O) groups is 2. The second-order valence-corrected chi connectivity index (χ2v) is 12.9.